The molecule has 4 bridgehead atoms. The van der Waals surface area contributed by atoms with Crippen molar-refractivity contribution in [1.29, 1.82) is 0 Å². The summed E-state index contributed by atoms with van der Waals surface area (Å²) in [6.07, 6.45) is -6.91. The number of fused-ring (bicyclic) bond motifs is 4. The summed E-state index contributed by atoms with van der Waals surface area (Å²) in [5.74, 6) is -3.97. The molecular weight excluding hydrogens is 1320 g/mol. The molecule has 5 aliphatic rings. The molecule has 10 rings (SSSR count). The predicted molar refractivity (Wildman–Crippen MR) is 323 cm³/mol. The molecule has 4 saturated heterocycles. The van der Waals surface area contributed by atoms with Crippen molar-refractivity contribution in [3.63, 3.8) is 0 Å². The topological polar surface area (TPSA) is 483 Å². The average Bonchev–Trinajstić information content (AvgIpc) is 1.57. The van der Waals surface area contributed by atoms with Crippen LogP contribution in [0.5, 0.6) is 0 Å². The second-order valence-electron chi connectivity index (χ2n) is 21.9. The minimum Gasteiger partial charge on any atom is -0.447 e. The van der Waals surface area contributed by atoms with Crippen molar-refractivity contribution in [3.8, 4) is 0 Å². The van der Waals surface area contributed by atoms with E-state index in [1.54, 1.807) is 26.0 Å². The highest BCUT2D eigenvalue weighted by Crippen LogP contribution is 2.61. The molecule has 0 aliphatic carbocycles. The lowest BCUT2D eigenvalue weighted by molar-refractivity contribution is -0.182. The van der Waals surface area contributed by atoms with Crippen molar-refractivity contribution in [2.24, 2.45) is 11.7 Å². The van der Waals surface area contributed by atoms with Gasteiger partial charge >= 0.3 is 31.7 Å². The number of H-pyrrole nitrogens is 1. The summed E-state index contributed by atoms with van der Waals surface area (Å²) in [7, 11) is 1.36. The number of halogens is 1. The van der Waals surface area contributed by atoms with Gasteiger partial charge in [-0.15, -0.1) is 0 Å². The number of carbonyl (C=O) groups is 8. The van der Waals surface area contributed by atoms with Crippen molar-refractivity contribution in [2.75, 3.05) is 69.5 Å². The summed E-state index contributed by atoms with van der Waals surface area (Å²) in [6, 6.07) is 3.04. The Bertz CT molecular complexity index is 3900. The zero-order valence-electron chi connectivity index (χ0n) is 49.3. The third-order valence-electron chi connectivity index (χ3n) is 15.1. The van der Waals surface area contributed by atoms with E-state index in [0.29, 0.717) is 5.56 Å². The standard InChI is InChI=1S/C51H62FN17O20P2S2/c1-24(2)33(62-29(70)12-14-67-30(71)10-11-31(67)72)43(74)61-27(5-4-13-55-47(54)76)42(73)60-26-8-6-25(7-9-26)17-82-50(78)66(3)15-16-81-49(77)65-48-63-41-35(44(75)64-48)59-23-69(41)45-36-32(52)28(86-45)18-84-90(79,92)89-38-37-46(68-22-58-34-39(53)56-21-57-40(34)68)87-51(38,19-83-37)20-85-91(80,93)88-36/h6-11,21-24,27-28,32-33,36-38,45-46H,4-5,12-20H2,1-3H3,(H,60,73)(H,61,74)(H,62,70)(H,79,92)(H,80,93)(H2,53,56,57)(H3,54,55,76)(H2,63,64,65,75,77)/t27-,28+,32+,33-,36+,37+,38-,45+,46+,51+,90?,91?/m0/s1. The number of alkyl halides is 1. The Hall–Kier alpha value is -8.14. The Labute approximate surface area is 534 Å². The number of ether oxygens (including phenoxy) is 5. The number of nitrogen functional groups attached to an aromatic ring is 1. The normalized spacial score (nSPS) is 26.6. The molecule has 2 unspecified atom stereocenters. The van der Waals surface area contributed by atoms with E-state index in [9.17, 15) is 52.6 Å². The first-order chi connectivity index (χ1) is 44.2. The van der Waals surface area contributed by atoms with E-state index >= 15 is 4.39 Å². The molecule has 5 aromatic rings. The number of likely N-dealkylation sites (N-methyl/N-ethyl adjacent to an activating group) is 1. The molecule has 42 heteroatoms. The van der Waals surface area contributed by atoms with Crippen LogP contribution in [0.25, 0.3) is 22.3 Å². The highest BCUT2D eigenvalue weighted by Gasteiger charge is 2.66. The Morgan fingerprint density at radius 3 is 2.38 bits per heavy atom. The first kappa shape index (κ1) is 67.7. The van der Waals surface area contributed by atoms with Crippen molar-refractivity contribution in [3.05, 3.63) is 71.3 Å². The number of nitrogens with two attached hydrogens (primary N) is 2. The Morgan fingerprint density at radius 2 is 1.66 bits per heavy atom. The summed E-state index contributed by atoms with van der Waals surface area (Å²) in [5, 5.41) is 12.6. The lowest BCUT2D eigenvalue weighted by Gasteiger charge is -2.33. The average molecular weight is 1380 g/mol. The number of rotatable bonds is 21. The van der Waals surface area contributed by atoms with Crippen molar-refractivity contribution < 1.29 is 94.0 Å². The van der Waals surface area contributed by atoms with Crippen LogP contribution >= 0.6 is 25.8 Å². The second kappa shape index (κ2) is 28.2. The van der Waals surface area contributed by atoms with E-state index in [0.717, 1.165) is 32.8 Å². The van der Waals surface area contributed by atoms with E-state index in [1.807, 2.05) is 0 Å². The zero-order chi connectivity index (χ0) is 66.7. The number of aromatic amines is 1. The summed E-state index contributed by atoms with van der Waals surface area (Å²) >= 11 is 9.56. The van der Waals surface area contributed by atoms with E-state index in [4.69, 9.17) is 65.1 Å². The van der Waals surface area contributed by atoms with Crippen LogP contribution in [0, 0.1) is 5.92 Å². The molecule has 4 fully saturated rings. The number of amides is 9. The summed E-state index contributed by atoms with van der Waals surface area (Å²) in [4.78, 5) is 151. The molecule has 0 spiro atoms. The molecule has 11 N–H and O–H groups in total. The van der Waals surface area contributed by atoms with Crippen molar-refractivity contribution >= 4 is 125 Å². The molecule has 0 radical (unpaired) electrons. The second-order valence-corrected chi connectivity index (χ2v) is 27.6. The monoisotopic (exact) mass is 1380 g/mol. The largest absolute Gasteiger partial charge is 0.447 e. The number of nitrogens with zero attached hydrogens (tertiary/aromatic N) is 9. The number of thiol groups is 1. The fourth-order valence-corrected chi connectivity index (χ4v) is 13.3. The van der Waals surface area contributed by atoms with Gasteiger partial charge in [0.2, 0.25) is 23.7 Å². The highest BCUT2D eigenvalue weighted by atomic mass is 32.7. The fraction of sp³-hybridized carbons (Fsp3) is 0.490. The number of carbonyl (C=O) groups excluding carboxylic acids is 8. The lowest BCUT2D eigenvalue weighted by Crippen LogP contribution is -2.54. The quantitative estimate of drug-likeness (QED) is 0.0209. The Balaban J connectivity index is 0.710. The number of primary amides is 1. The fourth-order valence-electron chi connectivity index (χ4n) is 10.3. The van der Waals surface area contributed by atoms with E-state index in [1.165, 1.54) is 36.4 Å². The van der Waals surface area contributed by atoms with Gasteiger partial charge in [-0.25, -0.2) is 43.3 Å². The molecule has 5 aliphatic heterocycles. The molecule has 9 amide bonds. The van der Waals surface area contributed by atoms with E-state index in [2.05, 4.69) is 68.7 Å². The van der Waals surface area contributed by atoms with E-state index in [-0.39, 0.29) is 85.9 Å². The highest BCUT2D eigenvalue weighted by molar-refractivity contribution is 8.44. The van der Waals surface area contributed by atoms with Crippen LogP contribution < -0.4 is 43.6 Å². The number of anilines is 3. The molecule has 12 atom stereocenters. The van der Waals surface area contributed by atoms with Crippen LogP contribution in [-0.2, 0) is 88.7 Å². The van der Waals surface area contributed by atoms with Crippen LogP contribution in [0.4, 0.5) is 36.2 Å². The first-order valence-corrected chi connectivity index (χ1v) is 33.7. The molecule has 500 valence electrons. The molecule has 9 heterocycles. The number of aromatic nitrogens is 8. The lowest BCUT2D eigenvalue weighted by atomic mass is 10.0. The number of hydrogen-bond acceptors (Lipinski definition) is 26. The van der Waals surface area contributed by atoms with Gasteiger partial charge in [-0.2, -0.15) is 4.98 Å². The number of nitrogens with one attached hydrogen (secondary N) is 6. The number of hydrogen-bond donors (Lipinski definition) is 10. The SMILES string of the molecule is CC(C)[C@H](NC(=O)CCN1C(=O)C=CC1=O)C(=O)N[C@@H](CCCNC(N)=O)C(=O)Nc1ccc(COC(=O)N(C)CCOC(=O)Nc2nc3c(ncn3[C@@H]3O[C@@H]4COP(O)(=S)O[C@H]5[C@H]6OC[C@]5(COP(=O)(S)O[C@@H]3[C@@H]4F)O[C@H]6n3cnc4c(N)ncnc43)c(=O)[nH]2)cc1. The molecule has 93 heavy (non-hydrogen) atoms. The van der Waals surface area contributed by atoms with Crippen molar-refractivity contribution in [1.82, 2.24) is 64.8 Å². The van der Waals surface area contributed by atoms with Crippen LogP contribution in [0.15, 0.2) is 60.2 Å². The van der Waals surface area contributed by atoms with Gasteiger partial charge in [-0.1, -0.05) is 38.2 Å². The Kier molecular flexibility index (Phi) is 20.5. The van der Waals surface area contributed by atoms with Gasteiger partial charge in [0.1, 0.15) is 67.2 Å². The summed E-state index contributed by atoms with van der Waals surface area (Å²) < 4.78 is 85.6. The minimum absolute atomic E-state index is 0.0311. The van der Waals surface area contributed by atoms with Gasteiger partial charge in [0.15, 0.2) is 41.3 Å². The van der Waals surface area contributed by atoms with Gasteiger partial charge in [0.25, 0.3) is 17.4 Å². The van der Waals surface area contributed by atoms with Crippen LogP contribution in [0.1, 0.15) is 51.1 Å². The molecule has 0 saturated carbocycles. The predicted octanol–water partition coefficient (Wildman–Crippen LogP) is 0.660. The maximum absolute atomic E-state index is 16.6. The van der Waals surface area contributed by atoms with Crippen LogP contribution in [-0.4, -0.2) is 203 Å². The minimum atomic E-state index is -4.66. The van der Waals surface area contributed by atoms with Gasteiger partial charge in [0, 0.05) is 44.4 Å². The molecular formula is C51H62FN17O20P2S2. The third-order valence-corrected chi connectivity index (χ3v) is 18.2. The number of imide groups is 1. The van der Waals surface area contributed by atoms with Crippen molar-refractivity contribution in [2.45, 2.75) is 100 Å². The summed E-state index contributed by atoms with van der Waals surface area (Å²) in [6.45, 7) is -8.29. The van der Waals surface area contributed by atoms with Crippen LogP contribution in [0.3, 0.4) is 0 Å². The number of benzene rings is 1. The molecule has 37 nitrogen and oxygen atoms in total. The third kappa shape index (κ3) is 15.6. The number of imidazole rings is 2. The molecule has 1 aromatic carbocycles. The maximum atomic E-state index is 16.6. The summed E-state index contributed by atoms with van der Waals surface area (Å²) in [5.41, 5.74) is 9.28. The first-order valence-electron chi connectivity index (χ1n) is 28.4. The Morgan fingerprint density at radius 1 is 0.935 bits per heavy atom. The van der Waals surface area contributed by atoms with Gasteiger partial charge in [0.05, 0.1) is 39.0 Å². The number of urea groups is 1. The van der Waals surface area contributed by atoms with E-state index < -0.39 is 159 Å². The van der Waals surface area contributed by atoms with Gasteiger partial charge in [-0.05, 0) is 48.3 Å². The molecule has 4 aromatic heterocycles. The smallest absolute Gasteiger partial charge is 0.414 e. The van der Waals surface area contributed by atoms with Gasteiger partial charge in [-0.3, -0.25) is 66.7 Å². The van der Waals surface area contributed by atoms with Gasteiger partial charge < -0.3 is 70.7 Å². The van der Waals surface area contributed by atoms with Crippen LogP contribution in [0.2, 0.25) is 0 Å². The maximum Gasteiger partial charge on any atom is 0.414 e. The zero-order valence-corrected chi connectivity index (χ0v) is 52.8.